The molecule has 0 spiro atoms. The smallest absolute Gasteiger partial charge is 0.326 e. The van der Waals surface area contributed by atoms with Gasteiger partial charge in [-0.15, -0.1) is 0 Å². The molecule has 0 aromatic carbocycles. The van der Waals surface area contributed by atoms with Crippen molar-refractivity contribution in [2.24, 2.45) is 11.7 Å². The van der Waals surface area contributed by atoms with E-state index < -0.39 is 66.4 Å². The Bertz CT molecular complexity index is 714. The van der Waals surface area contributed by atoms with Gasteiger partial charge in [-0.2, -0.15) is 0 Å². The summed E-state index contributed by atoms with van der Waals surface area (Å²) < 4.78 is 0. The van der Waals surface area contributed by atoms with Gasteiger partial charge in [-0.1, -0.05) is 20.3 Å². The van der Waals surface area contributed by atoms with Crippen molar-refractivity contribution in [1.29, 1.82) is 0 Å². The van der Waals surface area contributed by atoms with E-state index in [1.807, 2.05) is 0 Å². The normalized spacial score (nSPS) is 20.5. The average Bonchev–Trinajstić information content (AvgIpc) is 3.22. The molecule has 12 heteroatoms. The minimum atomic E-state index is -1.32. The van der Waals surface area contributed by atoms with Crippen LogP contribution in [-0.4, -0.2) is 86.7 Å². The summed E-state index contributed by atoms with van der Waals surface area (Å²) in [5, 5.41) is 32.8. The first kappa shape index (κ1) is 27.3. The zero-order valence-electron chi connectivity index (χ0n) is 18.6. The van der Waals surface area contributed by atoms with Crippen LogP contribution in [-0.2, 0) is 24.0 Å². The number of aliphatic hydroxyl groups excluding tert-OH is 1. The lowest BCUT2D eigenvalue weighted by molar-refractivity contribution is -0.146. The fourth-order valence-corrected chi connectivity index (χ4v) is 3.45. The standard InChI is InChI=1S/C20H34N4O8/c1-4-10(2)16(20(31)32)23-17(28)13-6-5-9-24(13)19(30)12(7-8-14(26)27)22-18(29)15(21)11(3)25/h10-13,15-16,25H,4-9,21H2,1-3H3,(H,22,29)(H,23,28)(H,26,27)(H,31,32). The molecule has 1 aliphatic heterocycles. The second-order valence-electron chi connectivity index (χ2n) is 8.16. The summed E-state index contributed by atoms with van der Waals surface area (Å²) in [6.07, 6.45) is -0.529. The molecule has 6 unspecified atom stereocenters. The molecule has 7 N–H and O–H groups in total. The maximum Gasteiger partial charge on any atom is 0.326 e. The van der Waals surface area contributed by atoms with Crippen molar-refractivity contribution in [2.45, 2.75) is 83.1 Å². The first-order valence-corrected chi connectivity index (χ1v) is 10.7. The molecule has 1 aliphatic rings. The van der Waals surface area contributed by atoms with Gasteiger partial charge >= 0.3 is 11.9 Å². The molecule has 0 aromatic heterocycles. The largest absolute Gasteiger partial charge is 0.481 e. The Hall–Kier alpha value is -2.73. The number of hydrogen-bond donors (Lipinski definition) is 6. The molecule has 32 heavy (non-hydrogen) atoms. The molecule has 1 fully saturated rings. The predicted octanol–water partition coefficient (Wildman–Crippen LogP) is -1.35. The molecule has 1 rings (SSSR count). The number of likely N-dealkylation sites (tertiary alicyclic amines) is 1. The lowest BCUT2D eigenvalue weighted by Gasteiger charge is -2.30. The van der Waals surface area contributed by atoms with E-state index >= 15 is 0 Å². The Labute approximate surface area is 186 Å². The molecule has 182 valence electrons. The molecule has 3 amide bonds. The summed E-state index contributed by atoms with van der Waals surface area (Å²) >= 11 is 0. The number of nitrogens with two attached hydrogens (primary N) is 1. The summed E-state index contributed by atoms with van der Waals surface area (Å²) in [5.74, 6) is -4.79. The number of rotatable bonds is 12. The van der Waals surface area contributed by atoms with Crippen molar-refractivity contribution in [3.05, 3.63) is 0 Å². The van der Waals surface area contributed by atoms with E-state index in [4.69, 9.17) is 10.8 Å². The maximum absolute atomic E-state index is 13.1. The number of carbonyl (C=O) groups excluding carboxylic acids is 3. The van der Waals surface area contributed by atoms with Crippen molar-refractivity contribution >= 4 is 29.7 Å². The van der Waals surface area contributed by atoms with Crippen LogP contribution in [0.5, 0.6) is 0 Å². The van der Waals surface area contributed by atoms with Crippen LogP contribution in [0.2, 0.25) is 0 Å². The Morgan fingerprint density at radius 3 is 2.25 bits per heavy atom. The third-order valence-corrected chi connectivity index (χ3v) is 5.70. The fraction of sp³-hybridized carbons (Fsp3) is 0.750. The first-order chi connectivity index (χ1) is 14.9. The second kappa shape index (κ2) is 12.3. The molecule has 1 saturated heterocycles. The van der Waals surface area contributed by atoms with Crippen LogP contribution >= 0.6 is 0 Å². The number of hydrogen-bond acceptors (Lipinski definition) is 7. The Morgan fingerprint density at radius 1 is 1.12 bits per heavy atom. The van der Waals surface area contributed by atoms with Gasteiger partial charge in [-0.05, 0) is 32.1 Å². The van der Waals surface area contributed by atoms with Gasteiger partial charge in [0, 0.05) is 13.0 Å². The molecule has 0 saturated carbocycles. The first-order valence-electron chi connectivity index (χ1n) is 10.7. The summed E-state index contributed by atoms with van der Waals surface area (Å²) in [7, 11) is 0. The molecule has 1 heterocycles. The van der Waals surface area contributed by atoms with Crippen LogP contribution in [0.3, 0.4) is 0 Å². The fourth-order valence-electron chi connectivity index (χ4n) is 3.45. The number of amides is 3. The highest BCUT2D eigenvalue weighted by atomic mass is 16.4. The molecular formula is C20H34N4O8. The average molecular weight is 459 g/mol. The van der Waals surface area contributed by atoms with E-state index in [0.717, 1.165) is 0 Å². The minimum absolute atomic E-state index is 0.194. The van der Waals surface area contributed by atoms with Crippen molar-refractivity contribution in [2.75, 3.05) is 6.54 Å². The molecule has 12 nitrogen and oxygen atoms in total. The van der Waals surface area contributed by atoms with Crippen LogP contribution < -0.4 is 16.4 Å². The Morgan fingerprint density at radius 2 is 1.75 bits per heavy atom. The topological polar surface area (TPSA) is 199 Å². The third-order valence-electron chi connectivity index (χ3n) is 5.70. The number of carboxylic acids is 2. The number of carboxylic acid groups (broad SMARTS) is 2. The molecule has 0 aromatic rings. The maximum atomic E-state index is 13.1. The predicted molar refractivity (Wildman–Crippen MR) is 112 cm³/mol. The van der Waals surface area contributed by atoms with Crippen LogP contribution in [0, 0.1) is 5.92 Å². The summed E-state index contributed by atoms with van der Waals surface area (Å²) in [6, 6.07) is -4.64. The molecule has 0 aliphatic carbocycles. The minimum Gasteiger partial charge on any atom is -0.481 e. The SMILES string of the molecule is CCC(C)C(NC(=O)C1CCCN1C(=O)C(CCC(=O)O)NC(=O)C(N)C(C)O)C(=O)O. The van der Waals surface area contributed by atoms with Gasteiger partial charge in [0.15, 0.2) is 0 Å². The highest BCUT2D eigenvalue weighted by Crippen LogP contribution is 2.21. The summed E-state index contributed by atoms with van der Waals surface area (Å²) in [5.41, 5.74) is 5.60. The van der Waals surface area contributed by atoms with E-state index in [1.54, 1.807) is 13.8 Å². The second-order valence-corrected chi connectivity index (χ2v) is 8.16. The molecular weight excluding hydrogens is 424 g/mol. The van der Waals surface area contributed by atoms with E-state index in [2.05, 4.69) is 10.6 Å². The number of aliphatic hydroxyl groups is 1. The zero-order chi connectivity index (χ0) is 24.6. The van der Waals surface area contributed by atoms with Gasteiger partial charge < -0.3 is 36.6 Å². The summed E-state index contributed by atoms with van der Waals surface area (Å²) in [4.78, 5) is 61.9. The third kappa shape index (κ3) is 7.45. The quantitative estimate of drug-likeness (QED) is 0.204. The van der Waals surface area contributed by atoms with Crippen molar-refractivity contribution in [1.82, 2.24) is 15.5 Å². The van der Waals surface area contributed by atoms with Gasteiger partial charge in [0.2, 0.25) is 17.7 Å². The monoisotopic (exact) mass is 458 g/mol. The number of aliphatic carboxylic acids is 2. The highest BCUT2D eigenvalue weighted by Gasteiger charge is 2.39. The van der Waals surface area contributed by atoms with Crippen molar-refractivity contribution in [3.8, 4) is 0 Å². The van der Waals surface area contributed by atoms with Crippen LogP contribution in [0.15, 0.2) is 0 Å². The van der Waals surface area contributed by atoms with Gasteiger partial charge in [0.1, 0.15) is 24.2 Å². The lowest BCUT2D eigenvalue weighted by atomic mass is 9.98. The van der Waals surface area contributed by atoms with E-state index in [1.165, 1.54) is 11.8 Å². The van der Waals surface area contributed by atoms with Crippen molar-refractivity contribution in [3.63, 3.8) is 0 Å². The number of carbonyl (C=O) groups is 5. The molecule has 6 atom stereocenters. The Balaban J connectivity index is 3.01. The lowest BCUT2D eigenvalue weighted by Crippen LogP contribution is -2.58. The van der Waals surface area contributed by atoms with Gasteiger partial charge in [-0.25, -0.2) is 4.79 Å². The molecule has 0 bridgehead atoms. The summed E-state index contributed by atoms with van der Waals surface area (Å²) in [6.45, 7) is 4.99. The van der Waals surface area contributed by atoms with E-state index in [9.17, 15) is 34.2 Å². The number of nitrogens with one attached hydrogen (secondary N) is 2. The zero-order valence-corrected chi connectivity index (χ0v) is 18.6. The van der Waals surface area contributed by atoms with Crippen LogP contribution in [0.1, 0.15) is 52.9 Å². The number of nitrogens with zero attached hydrogens (tertiary/aromatic N) is 1. The molecule has 0 radical (unpaired) electrons. The Kier molecular flexibility index (Phi) is 10.5. The van der Waals surface area contributed by atoms with Crippen LogP contribution in [0.4, 0.5) is 0 Å². The van der Waals surface area contributed by atoms with Gasteiger partial charge in [-0.3, -0.25) is 19.2 Å². The highest BCUT2D eigenvalue weighted by molar-refractivity contribution is 5.94. The van der Waals surface area contributed by atoms with Gasteiger partial charge in [0.05, 0.1) is 6.10 Å². The van der Waals surface area contributed by atoms with Gasteiger partial charge in [0.25, 0.3) is 0 Å². The van der Waals surface area contributed by atoms with Crippen LogP contribution in [0.25, 0.3) is 0 Å². The van der Waals surface area contributed by atoms with E-state index in [0.29, 0.717) is 19.3 Å². The van der Waals surface area contributed by atoms with Crippen molar-refractivity contribution < 1.29 is 39.3 Å². The van der Waals surface area contributed by atoms with E-state index in [-0.39, 0.29) is 18.9 Å².